The van der Waals surface area contributed by atoms with Gasteiger partial charge in [0.05, 0.1) is 12.2 Å². The van der Waals surface area contributed by atoms with Crippen LogP contribution in [0.1, 0.15) is 6.42 Å². The van der Waals surface area contributed by atoms with Crippen molar-refractivity contribution in [1.82, 2.24) is 10.6 Å². The third kappa shape index (κ3) is 5.39. The van der Waals surface area contributed by atoms with Crippen molar-refractivity contribution in [3.8, 4) is 11.5 Å². The first-order chi connectivity index (χ1) is 13.8. The zero-order valence-corrected chi connectivity index (χ0v) is 16.1. The summed E-state index contributed by atoms with van der Waals surface area (Å²) >= 11 is 0. The van der Waals surface area contributed by atoms with Gasteiger partial charge in [0.15, 0.2) is 12.6 Å². The van der Waals surface area contributed by atoms with Crippen molar-refractivity contribution in [3.05, 3.63) is 54.6 Å². The zero-order valence-electron chi connectivity index (χ0n) is 16.1. The lowest BCUT2D eigenvalue weighted by molar-refractivity contribution is -0.121. The number of carbonyl (C=O) groups excluding carboxylic acids is 1. The summed E-state index contributed by atoms with van der Waals surface area (Å²) in [6, 6.07) is 17.3. The Labute approximate surface area is 165 Å². The van der Waals surface area contributed by atoms with Gasteiger partial charge >= 0.3 is 0 Å². The Hall–Kier alpha value is -3.22. The van der Waals surface area contributed by atoms with Gasteiger partial charge in [-0.2, -0.15) is 0 Å². The monoisotopic (exact) mass is 382 g/mol. The molecule has 1 aliphatic rings. The van der Waals surface area contributed by atoms with Crippen LogP contribution < -0.4 is 25.0 Å². The number of para-hydroxylation sites is 3. The lowest BCUT2D eigenvalue weighted by Crippen LogP contribution is -2.42. The quantitative estimate of drug-likeness (QED) is 0.415. The average Bonchev–Trinajstić information content (AvgIpc) is 2.74. The zero-order chi connectivity index (χ0) is 19.6. The smallest absolute Gasteiger partial charge is 0.265 e. The number of nitrogens with one attached hydrogen (secondary N) is 2. The second-order valence-corrected chi connectivity index (χ2v) is 6.24. The fourth-order valence-electron chi connectivity index (χ4n) is 2.92. The molecule has 0 unspecified atom stereocenters. The predicted octanol–water partition coefficient (Wildman–Crippen LogP) is 2.05. The molecule has 2 aromatic carbocycles. The molecule has 28 heavy (non-hydrogen) atoms. The summed E-state index contributed by atoms with van der Waals surface area (Å²) in [4.78, 5) is 18.2. The highest BCUT2D eigenvalue weighted by Gasteiger charge is 2.24. The van der Waals surface area contributed by atoms with Crippen LogP contribution in [0, 0.1) is 0 Å². The minimum absolute atomic E-state index is 0.0146. The minimum Gasteiger partial charge on any atom is -0.492 e. The molecule has 0 spiro atoms. The SMILES string of the molecule is CN=C(NCCCN1C(=O)COc2ccccc21)NCCOc1ccccc1. The molecule has 3 rings (SSSR count). The average molecular weight is 382 g/mol. The summed E-state index contributed by atoms with van der Waals surface area (Å²) in [6.07, 6.45) is 0.793. The highest BCUT2D eigenvalue weighted by Crippen LogP contribution is 2.31. The number of nitrogens with zero attached hydrogens (tertiary/aromatic N) is 2. The number of aliphatic imine (C=N–C) groups is 1. The molecule has 0 aliphatic carbocycles. The fraction of sp³-hybridized carbons (Fsp3) is 0.333. The second kappa shape index (κ2) is 10.2. The first-order valence-electron chi connectivity index (χ1n) is 9.42. The van der Waals surface area contributed by atoms with Gasteiger partial charge in [0, 0.05) is 20.1 Å². The summed E-state index contributed by atoms with van der Waals surface area (Å²) in [5.74, 6) is 2.30. The Kier molecular flexibility index (Phi) is 7.12. The van der Waals surface area contributed by atoms with Gasteiger partial charge in [0.1, 0.15) is 18.1 Å². The molecule has 2 aromatic rings. The number of carbonyl (C=O) groups is 1. The van der Waals surface area contributed by atoms with E-state index in [0.717, 1.165) is 23.6 Å². The molecule has 0 atom stereocenters. The number of hydrogen-bond donors (Lipinski definition) is 2. The van der Waals surface area contributed by atoms with Crippen molar-refractivity contribution in [1.29, 1.82) is 0 Å². The van der Waals surface area contributed by atoms with Crippen LogP contribution in [0.25, 0.3) is 0 Å². The molecule has 1 heterocycles. The van der Waals surface area contributed by atoms with E-state index in [2.05, 4.69) is 15.6 Å². The largest absolute Gasteiger partial charge is 0.492 e. The molecule has 1 aliphatic heterocycles. The molecule has 0 aromatic heterocycles. The van der Waals surface area contributed by atoms with E-state index in [1.54, 1.807) is 11.9 Å². The maximum Gasteiger partial charge on any atom is 0.265 e. The molecule has 7 heteroatoms. The van der Waals surface area contributed by atoms with E-state index in [4.69, 9.17) is 9.47 Å². The lowest BCUT2D eigenvalue weighted by Gasteiger charge is -2.29. The second-order valence-electron chi connectivity index (χ2n) is 6.24. The number of benzene rings is 2. The maximum absolute atomic E-state index is 12.2. The van der Waals surface area contributed by atoms with Gasteiger partial charge in [-0.05, 0) is 30.7 Å². The highest BCUT2D eigenvalue weighted by atomic mass is 16.5. The number of ether oxygens (including phenoxy) is 2. The van der Waals surface area contributed by atoms with Gasteiger partial charge in [-0.3, -0.25) is 9.79 Å². The molecule has 0 bridgehead atoms. The Morgan fingerprint density at radius 2 is 1.86 bits per heavy atom. The van der Waals surface area contributed by atoms with Crippen LogP contribution in [0.5, 0.6) is 11.5 Å². The van der Waals surface area contributed by atoms with Gasteiger partial charge < -0.3 is 25.0 Å². The molecule has 1 amide bonds. The van der Waals surface area contributed by atoms with Crippen LogP contribution >= 0.6 is 0 Å². The summed E-state index contributed by atoms with van der Waals surface area (Å²) in [6.45, 7) is 2.61. The van der Waals surface area contributed by atoms with Gasteiger partial charge in [0.25, 0.3) is 5.91 Å². The highest BCUT2D eigenvalue weighted by molar-refractivity contribution is 5.97. The maximum atomic E-state index is 12.2. The van der Waals surface area contributed by atoms with E-state index < -0.39 is 0 Å². The number of fused-ring (bicyclic) bond motifs is 1. The van der Waals surface area contributed by atoms with Gasteiger partial charge in [-0.1, -0.05) is 30.3 Å². The molecule has 2 N–H and O–H groups in total. The minimum atomic E-state index is -0.0146. The Balaban J connectivity index is 1.36. The summed E-state index contributed by atoms with van der Waals surface area (Å²) in [5.41, 5.74) is 0.833. The Morgan fingerprint density at radius 1 is 1.11 bits per heavy atom. The van der Waals surface area contributed by atoms with Gasteiger partial charge in [0.2, 0.25) is 0 Å². The lowest BCUT2D eigenvalue weighted by atomic mass is 10.2. The van der Waals surface area contributed by atoms with E-state index in [9.17, 15) is 4.79 Å². The van der Waals surface area contributed by atoms with Crippen molar-refractivity contribution < 1.29 is 14.3 Å². The number of rotatable bonds is 8. The molecule has 7 nitrogen and oxygen atoms in total. The van der Waals surface area contributed by atoms with E-state index in [1.165, 1.54) is 0 Å². The van der Waals surface area contributed by atoms with Crippen LogP contribution in [0.3, 0.4) is 0 Å². The molecule has 0 fully saturated rings. The molecular weight excluding hydrogens is 356 g/mol. The van der Waals surface area contributed by atoms with E-state index in [1.807, 2.05) is 54.6 Å². The van der Waals surface area contributed by atoms with E-state index >= 15 is 0 Å². The van der Waals surface area contributed by atoms with Crippen LogP contribution in [0.15, 0.2) is 59.6 Å². The molecule has 148 valence electrons. The van der Waals surface area contributed by atoms with Crippen LogP contribution in [-0.4, -0.2) is 51.8 Å². The number of amides is 1. The Bertz CT molecular complexity index is 795. The van der Waals surface area contributed by atoms with Gasteiger partial charge in [-0.25, -0.2) is 0 Å². The molecular formula is C21H26N4O3. The number of hydrogen-bond acceptors (Lipinski definition) is 4. The molecule has 0 radical (unpaired) electrons. The van der Waals surface area contributed by atoms with Crippen molar-refractivity contribution >= 4 is 17.6 Å². The van der Waals surface area contributed by atoms with E-state index in [0.29, 0.717) is 32.2 Å². The number of guanidine groups is 1. The first-order valence-corrected chi connectivity index (χ1v) is 9.42. The van der Waals surface area contributed by atoms with Crippen molar-refractivity contribution in [3.63, 3.8) is 0 Å². The van der Waals surface area contributed by atoms with Crippen LogP contribution in [0.4, 0.5) is 5.69 Å². The third-order valence-electron chi connectivity index (χ3n) is 4.29. The van der Waals surface area contributed by atoms with Crippen LogP contribution in [0.2, 0.25) is 0 Å². The van der Waals surface area contributed by atoms with Crippen molar-refractivity contribution in [2.24, 2.45) is 4.99 Å². The topological polar surface area (TPSA) is 75.2 Å². The third-order valence-corrected chi connectivity index (χ3v) is 4.29. The van der Waals surface area contributed by atoms with Crippen LogP contribution in [-0.2, 0) is 4.79 Å². The van der Waals surface area contributed by atoms with Gasteiger partial charge in [-0.15, -0.1) is 0 Å². The summed E-state index contributed by atoms with van der Waals surface area (Å²) < 4.78 is 11.1. The first kappa shape index (κ1) is 19.5. The fourth-order valence-corrected chi connectivity index (χ4v) is 2.92. The normalized spacial score (nSPS) is 13.5. The summed E-state index contributed by atoms with van der Waals surface area (Å²) in [7, 11) is 1.73. The predicted molar refractivity (Wildman–Crippen MR) is 110 cm³/mol. The van der Waals surface area contributed by atoms with Crippen molar-refractivity contribution in [2.75, 3.05) is 44.8 Å². The standard InChI is InChI=1S/C21H26N4O3/c1-22-21(24-13-15-27-17-8-3-2-4-9-17)23-12-7-14-25-18-10-5-6-11-19(18)28-16-20(25)26/h2-6,8-11H,7,12-16H2,1H3,(H2,22,23,24). The summed E-state index contributed by atoms with van der Waals surface area (Å²) in [5, 5.41) is 6.48. The number of anilines is 1. The molecule has 0 saturated heterocycles. The molecule has 0 saturated carbocycles. The van der Waals surface area contributed by atoms with E-state index in [-0.39, 0.29) is 12.5 Å². The Morgan fingerprint density at radius 3 is 2.68 bits per heavy atom. The van der Waals surface area contributed by atoms with Crippen molar-refractivity contribution in [2.45, 2.75) is 6.42 Å².